The first-order chi connectivity index (χ1) is 12.6. The maximum Gasteiger partial charge on any atom is 0.252 e. The molecule has 2 aromatic carbocycles. The average molecular weight is 458 g/mol. The molecule has 0 saturated carbocycles. The van der Waals surface area contributed by atoms with Crippen LogP contribution in [0.1, 0.15) is 15.9 Å². The summed E-state index contributed by atoms with van der Waals surface area (Å²) in [5, 5.41) is 7.62. The summed E-state index contributed by atoms with van der Waals surface area (Å²) in [6.45, 7) is -0.0718. The summed E-state index contributed by atoms with van der Waals surface area (Å²) < 4.78 is 36.2. The molecule has 0 heterocycles. The van der Waals surface area contributed by atoms with Crippen molar-refractivity contribution in [2.45, 2.75) is 11.3 Å². The number of hydrogen-bond acceptors (Lipinski definition) is 4. The standard InChI is InChI=1S/C17H17BrFN3O4S/c18-15-6-5-13(27(21,25)26)8-14(15)17(24)22-9-11(16(20)23)7-10-1-3-12(19)4-2-10/h1-6,8,11H,7,9H2,(H2,20,23)(H,22,24)(H2,21,25,26). The van der Waals surface area contributed by atoms with Crippen molar-refractivity contribution in [1.29, 1.82) is 0 Å². The molecule has 0 spiro atoms. The molecular weight excluding hydrogens is 441 g/mol. The minimum Gasteiger partial charge on any atom is -0.369 e. The van der Waals surface area contributed by atoms with E-state index in [4.69, 9.17) is 10.9 Å². The predicted molar refractivity (Wildman–Crippen MR) is 101 cm³/mol. The average Bonchev–Trinajstić information content (AvgIpc) is 2.59. The first-order valence-electron chi connectivity index (χ1n) is 7.72. The zero-order chi connectivity index (χ0) is 20.2. The fraction of sp³-hybridized carbons (Fsp3) is 0.176. The van der Waals surface area contributed by atoms with E-state index >= 15 is 0 Å². The van der Waals surface area contributed by atoms with Gasteiger partial charge in [0, 0.05) is 11.0 Å². The summed E-state index contributed by atoms with van der Waals surface area (Å²) in [6, 6.07) is 9.37. The molecule has 5 N–H and O–H groups in total. The lowest BCUT2D eigenvalue weighted by atomic mass is 9.98. The Bertz CT molecular complexity index is 965. The minimum atomic E-state index is -3.97. The van der Waals surface area contributed by atoms with Crippen LogP contribution >= 0.6 is 15.9 Å². The molecule has 2 aromatic rings. The van der Waals surface area contributed by atoms with Crippen LogP contribution in [0.2, 0.25) is 0 Å². The van der Waals surface area contributed by atoms with Gasteiger partial charge in [0.25, 0.3) is 5.91 Å². The number of benzene rings is 2. The number of halogens is 2. The fourth-order valence-corrected chi connectivity index (χ4v) is 3.31. The van der Waals surface area contributed by atoms with Crippen LogP contribution in [0.3, 0.4) is 0 Å². The third-order valence-electron chi connectivity index (χ3n) is 3.82. The summed E-state index contributed by atoms with van der Waals surface area (Å²) in [4.78, 5) is 23.8. The number of primary sulfonamides is 1. The van der Waals surface area contributed by atoms with Crippen molar-refractivity contribution in [2.24, 2.45) is 16.8 Å². The Labute approximate surface area is 164 Å². The number of nitrogens with two attached hydrogens (primary N) is 2. The highest BCUT2D eigenvalue weighted by Crippen LogP contribution is 2.20. The summed E-state index contributed by atoms with van der Waals surface area (Å²) in [5.41, 5.74) is 6.12. The van der Waals surface area contributed by atoms with Crippen molar-refractivity contribution in [1.82, 2.24) is 5.32 Å². The Kier molecular flexibility index (Phi) is 6.68. The summed E-state index contributed by atoms with van der Waals surface area (Å²) in [7, 11) is -3.97. The topological polar surface area (TPSA) is 132 Å². The highest BCUT2D eigenvalue weighted by molar-refractivity contribution is 9.10. The summed E-state index contributed by atoms with van der Waals surface area (Å²) >= 11 is 3.17. The lowest BCUT2D eigenvalue weighted by molar-refractivity contribution is -0.121. The lowest BCUT2D eigenvalue weighted by Gasteiger charge is -2.15. The second kappa shape index (κ2) is 8.59. The molecule has 7 nitrogen and oxygen atoms in total. The van der Waals surface area contributed by atoms with Crippen molar-refractivity contribution < 1.29 is 22.4 Å². The Morgan fingerprint density at radius 2 is 1.78 bits per heavy atom. The molecule has 1 atom stereocenters. The van der Waals surface area contributed by atoms with E-state index in [0.29, 0.717) is 10.0 Å². The maximum atomic E-state index is 13.0. The molecule has 2 rings (SSSR count). The van der Waals surface area contributed by atoms with E-state index in [-0.39, 0.29) is 23.4 Å². The third-order valence-corrected chi connectivity index (χ3v) is 5.42. The van der Waals surface area contributed by atoms with Gasteiger partial charge >= 0.3 is 0 Å². The molecule has 0 saturated heterocycles. The molecule has 10 heteroatoms. The van der Waals surface area contributed by atoms with Crippen molar-refractivity contribution >= 4 is 37.8 Å². The van der Waals surface area contributed by atoms with Gasteiger partial charge in [0.05, 0.1) is 16.4 Å². The van der Waals surface area contributed by atoms with Crippen molar-refractivity contribution in [3.63, 3.8) is 0 Å². The maximum absolute atomic E-state index is 13.0. The third kappa shape index (κ3) is 5.84. The molecule has 0 aliphatic carbocycles. The van der Waals surface area contributed by atoms with Crippen molar-refractivity contribution in [3.8, 4) is 0 Å². The molecule has 0 aliphatic rings. The molecule has 0 fully saturated rings. The first kappa shape index (κ1) is 21.0. The minimum absolute atomic E-state index is 0.0477. The quantitative estimate of drug-likeness (QED) is 0.577. The van der Waals surface area contributed by atoms with Crippen LogP contribution in [0.15, 0.2) is 51.8 Å². The Hall–Kier alpha value is -2.30. The van der Waals surface area contributed by atoms with E-state index in [9.17, 15) is 22.4 Å². The van der Waals surface area contributed by atoms with Gasteiger partial charge in [-0.05, 0) is 58.2 Å². The first-order valence-corrected chi connectivity index (χ1v) is 10.1. The van der Waals surface area contributed by atoms with E-state index in [2.05, 4.69) is 21.2 Å². The number of sulfonamides is 1. The van der Waals surface area contributed by atoms with Crippen LogP contribution in [0, 0.1) is 11.7 Å². The van der Waals surface area contributed by atoms with Crippen LogP contribution in [0.5, 0.6) is 0 Å². The van der Waals surface area contributed by atoms with Gasteiger partial charge in [-0.3, -0.25) is 9.59 Å². The molecular formula is C17H17BrFN3O4S. The van der Waals surface area contributed by atoms with Gasteiger partial charge in [-0.1, -0.05) is 12.1 Å². The van der Waals surface area contributed by atoms with Crippen LogP contribution < -0.4 is 16.2 Å². The molecule has 144 valence electrons. The number of nitrogens with one attached hydrogen (secondary N) is 1. The predicted octanol–water partition coefficient (Wildman–Crippen LogP) is 1.31. The largest absolute Gasteiger partial charge is 0.369 e. The van der Waals surface area contributed by atoms with E-state index < -0.39 is 33.6 Å². The van der Waals surface area contributed by atoms with Crippen molar-refractivity contribution in [2.75, 3.05) is 6.54 Å². The molecule has 0 aliphatic heterocycles. The number of carbonyl (C=O) groups is 2. The van der Waals surface area contributed by atoms with Crippen LogP contribution in [0.25, 0.3) is 0 Å². The lowest BCUT2D eigenvalue weighted by Crippen LogP contribution is -2.37. The van der Waals surface area contributed by atoms with Gasteiger partial charge in [0.2, 0.25) is 15.9 Å². The van der Waals surface area contributed by atoms with Gasteiger partial charge in [-0.25, -0.2) is 17.9 Å². The molecule has 0 radical (unpaired) electrons. The number of rotatable bonds is 7. The zero-order valence-corrected chi connectivity index (χ0v) is 16.4. The van der Waals surface area contributed by atoms with Crippen LogP contribution in [0.4, 0.5) is 4.39 Å². The van der Waals surface area contributed by atoms with Crippen molar-refractivity contribution in [3.05, 3.63) is 63.9 Å². The molecule has 1 unspecified atom stereocenters. The summed E-state index contributed by atoms with van der Waals surface area (Å²) in [6.07, 6.45) is 0.217. The summed E-state index contributed by atoms with van der Waals surface area (Å²) in [5.74, 6) is -2.35. The van der Waals surface area contributed by atoms with Gasteiger partial charge in [0.15, 0.2) is 0 Å². The second-order valence-electron chi connectivity index (χ2n) is 5.83. The normalized spacial score (nSPS) is 12.4. The molecule has 0 aromatic heterocycles. The Morgan fingerprint density at radius 1 is 1.15 bits per heavy atom. The molecule has 27 heavy (non-hydrogen) atoms. The molecule has 0 bridgehead atoms. The van der Waals surface area contributed by atoms with E-state index in [1.807, 2.05) is 0 Å². The van der Waals surface area contributed by atoms with E-state index in [0.717, 1.165) is 6.07 Å². The van der Waals surface area contributed by atoms with Gasteiger partial charge in [0.1, 0.15) is 5.82 Å². The van der Waals surface area contributed by atoms with Crippen LogP contribution in [-0.4, -0.2) is 26.8 Å². The monoisotopic (exact) mass is 457 g/mol. The number of primary amides is 1. The number of amides is 2. The smallest absolute Gasteiger partial charge is 0.252 e. The van der Waals surface area contributed by atoms with Crippen LogP contribution in [-0.2, 0) is 21.2 Å². The fourth-order valence-electron chi connectivity index (χ4n) is 2.34. The van der Waals surface area contributed by atoms with E-state index in [1.54, 1.807) is 0 Å². The van der Waals surface area contributed by atoms with Gasteiger partial charge in [-0.15, -0.1) is 0 Å². The van der Waals surface area contributed by atoms with Gasteiger partial charge < -0.3 is 11.1 Å². The number of carbonyl (C=O) groups excluding carboxylic acids is 2. The number of hydrogen-bond donors (Lipinski definition) is 3. The second-order valence-corrected chi connectivity index (χ2v) is 8.24. The zero-order valence-electron chi connectivity index (χ0n) is 14.0. The SMILES string of the molecule is NC(=O)C(CNC(=O)c1cc(S(N)(=O)=O)ccc1Br)Cc1ccc(F)cc1. The Morgan fingerprint density at radius 3 is 2.33 bits per heavy atom. The Balaban J connectivity index is 2.12. The molecule has 2 amide bonds. The highest BCUT2D eigenvalue weighted by atomic mass is 79.9. The van der Waals surface area contributed by atoms with E-state index in [1.165, 1.54) is 36.4 Å². The van der Waals surface area contributed by atoms with Gasteiger partial charge in [-0.2, -0.15) is 0 Å². The highest BCUT2D eigenvalue weighted by Gasteiger charge is 2.20.